The lowest BCUT2D eigenvalue weighted by molar-refractivity contribution is -0.121. The van der Waals surface area contributed by atoms with Crippen LogP contribution in [0.15, 0.2) is 42.5 Å². The van der Waals surface area contributed by atoms with Crippen LogP contribution in [0, 0.1) is 6.92 Å². The molecule has 0 saturated heterocycles. The van der Waals surface area contributed by atoms with Crippen molar-refractivity contribution in [3.8, 4) is 5.75 Å². The van der Waals surface area contributed by atoms with Crippen LogP contribution in [0.5, 0.6) is 5.75 Å². The Bertz CT molecular complexity index is 930. The molecule has 0 bridgehead atoms. The molecule has 158 valence electrons. The van der Waals surface area contributed by atoms with Crippen LogP contribution in [0.3, 0.4) is 0 Å². The van der Waals surface area contributed by atoms with Crippen LogP contribution < -0.4 is 14.4 Å². The van der Waals surface area contributed by atoms with Gasteiger partial charge in [0.1, 0.15) is 5.75 Å². The zero-order valence-electron chi connectivity index (χ0n) is 16.9. The number of hydrogen-bond acceptors (Lipinski definition) is 4. The maximum atomic E-state index is 12.2. The van der Waals surface area contributed by atoms with E-state index in [0.717, 1.165) is 17.6 Å². The van der Waals surface area contributed by atoms with Gasteiger partial charge in [0, 0.05) is 24.5 Å². The Balaban J connectivity index is 1.89. The number of nitrogens with one attached hydrogen (secondary N) is 1. The van der Waals surface area contributed by atoms with Crippen molar-refractivity contribution in [3.63, 3.8) is 0 Å². The minimum Gasteiger partial charge on any atom is -0.494 e. The largest absolute Gasteiger partial charge is 0.494 e. The van der Waals surface area contributed by atoms with Gasteiger partial charge in [0.05, 0.1) is 18.6 Å². The third-order valence-corrected chi connectivity index (χ3v) is 5.99. The van der Waals surface area contributed by atoms with E-state index in [9.17, 15) is 13.2 Å². The second-order valence-electron chi connectivity index (χ2n) is 6.68. The van der Waals surface area contributed by atoms with Crippen LogP contribution in [-0.2, 0) is 21.4 Å². The van der Waals surface area contributed by atoms with Gasteiger partial charge in [-0.3, -0.25) is 9.10 Å². The first-order valence-corrected chi connectivity index (χ1v) is 11.7. The lowest BCUT2D eigenvalue weighted by Gasteiger charge is -2.24. The standard InChI is InChI=1S/C21H27ClN2O4S/c1-4-28-18-12-10-17(11-13-18)15-23-21(25)9-6-14-24(29(3,26)27)20-8-5-7-19(22)16(20)2/h5,7-8,10-13H,4,6,9,14-15H2,1-3H3,(H,23,25). The second kappa shape index (κ2) is 10.5. The molecule has 0 fully saturated rings. The highest BCUT2D eigenvalue weighted by Crippen LogP contribution is 2.28. The van der Waals surface area contributed by atoms with Crippen molar-refractivity contribution in [2.45, 2.75) is 33.2 Å². The Morgan fingerprint density at radius 1 is 1.17 bits per heavy atom. The smallest absolute Gasteiger partial charge is 0.232 e. The number of sulfonamides is 1. The molecule has 29 heavy (non-hydrogen) atoms. The molecular formula is C21H27ClN2O4S. The fourth-order valence-electron chi connectivity index (χ4n) is 2.87. The van der Waals surface area contributed by atoms with Crippen molar-refractivity contribution in [3.05, 3.63) is 58.6 Å². The second-order valence-corrected chi connectivity index (χ2v) is 8.99. The van der Waals surface area contributed by atoms with Gasteiger partial charge < -0.3 is 10.1 Å². The molecule has 8 heteroatoms. The molecule has 0 aliphatic rings. The summed E-state index contributed by atoms with van der Waals surface area (Å²) in [7, 11) is -3.49. The van der Waals surface area contributed by atoms with E-state index in [1.54, 1.807) is 25.1 Å². The molecular weight excluding hydrogens is 412 g/mol. The summed E-state index contributed by atoms with van der Waals surface area (Å²) >= 11 is 6.13. The lowest BCUT2D eigenvalue weighted by Crippen LogP contribution is -2.32. The summed E-state index contributed by atoms with van der Waals surface area (Å²) in [6.07, 6.45) is 1.77. The number of nitrogens with zero attached hydrogens (tertiary/aromatic N) is 1. The van der Waals surface area contributed by atoms with E-state index in [1.165, 1.54) is 4.31 Å². The van der Waals surface area contributed by atoms with Gasteiger partial charge >= 0.3 is 0 Å². The summed E-state index contributed by atoms with van der Waals surface area (Å²) in [4.78, 5) is 12.1. The van der Waals surface area contributed by atoms with Crippen molar-refractivity contribution in [1.29, 1.82) is 0 Å². The molecule has 0 atom stereocenters. The highest BCUT2D eigenvalue weighted by molar-refractivity contribution is 7.92. The van der Waals surface area contributed by atoms with Crippen molar-refractivity contribution in [2.75, 3.05) is 23.7 Å². The van der Waals surface area contributed by atoms with E-state index >= 15 is 0 Å². The van der Waals surface area contributed by atoms with E-state index < -0.39 is 10.0 Å². The minimum atomic E-state index is -3.49. The number of rotatable bonds is 10. The Morgan fingerprint density at radius 2 is 1.86 bits per heavy atom. The number of amides is 1. The van der Waals surface area contributed by atoms with Crippen molar-refractivity contribution in [2.24, 2.45) is 0 Å². The van der Waals surface area contributed by atoms with Gasteiger partial charge in [-0.25, -0.2) is 8.42 Å². The number of halogens is 1. The summed E-state index contributed by atoms with van der Waals surface area (Å²) in [5.41, 5.74) is 2.20. The number of benzene rings is 2. The van der Waals surface area contributed by atoms with Gasteiger partial charge in [-0.1, -0.05) is 29.8 Å². The molecule has 0 aromatic heterocycles. The monoisotopic (exact) mass is 438 g/mol. The molecule has 2 rings (SSSR count). The van der Waals surface area contributed by atoms with E-state index in [2.05, 4.69) is 5.32 Å². The van der Waals surface area contributed by atoms with Gasteiger partial charge in [-0.2, -0.15) is 0 Å². The zero-order valence-corrected chi connectivity index (χ0v) is 18.5. The van der Waals surface area contributed by atoms with Crippen molar-refractivity contribution >= 4 is 33.2 Å². The third-order valence-electron chi connectivity index (χ3n) is 4.40. The molecule has 2 aromatic rings. The Labute approximate surface area is 177 Å². The molecule has 0 spiro atoms. The number of ether oxygens (including phenoxy) is 1. The predicted octanol–water partition coefficient (Wildman–Crippen LogP) is 3.91. The molecule has 1 amide bonds. The van der Waals surface area contributed by atoms with E-state index in [-0.39, 0.29) is 18.9 Å². The fraction of sp³-hybridized carbons (Fsp3) is 0.381. The van der Waals surface area contributed by atoms with Crippen LogP contribution in [0.2, 0.25) is 5.02 Å². The molecule has 0 heterocycles. The molecule has 0 radical (unpaired) electrons. The topological polar surface area (TPSA) is 75.7 Å². The summed E-state index contributed by atoms with van der Waals surface area (Å²) in [6.45, 7) is 4.92. The third kappa shape index (κ3) is 6.94. The van der Waals surface area contributed by atoms with E-state index in [0.29, 0.717) is 35.8 Å². The molecule has 2 aromatic carbocycles. The lowest BCUT2D eigenvalue weighted by atomic mass is 10.2. The van der Waals surface area contributed by atoms with E-state index in [4.69, 9.17) is 16.3 Å². The predicted molar refractivity (Wildman–Crippen MR) is 117 cm³/mol. The SMILES string of the molecule is CCOc1ccc(CNC(=O)CCCN(c2cccc(Cl)c2C)S(C)(=O)=O)cc1. The van der Waals surface area contributed by atoms with Crippen LogP contribution in [0.1, 0.15) is 30.9 Å². The average Bonchev–Trinajstić information content (AvgIpc) is 2.67. The van der Waals surface area contributed by atoms with E-state index in [1.807, 2.05) is 31.2 Å². The molecule has 0 unspecified atom stereocenters. The zero-order chi connectivity index (χ0) is 21.4. The summed E-state index contributed by atoms with van der Waals surface area (Å²) in [6, 6.07) is 12.7. The van der Waals surface area contributed by atoms with Crippen molar-refractivity contribution in [1.82, 2.24) is 5.32 Å². The normalized spacial score (nSPS) is 11.2. The van der Waals surface area contributed by atoms with Crippen molar-refractivity contribution < 1.29 is 17.9 Å². The number of hydrogen-bond donors (Lipinski definition) is 1. The van der Waals surface area contributed by atoms with Crippen LogP contribution >= 0.6 is 11.6 Å². The van der Waals surface area contributed by atoms with Gasteiger partial charge in [0.25, 0.3) is 0 Å². The van der Waals surface area contributed by atoms with Gasteiger partial charge in [0.15, 0.2) is 0 Å². The number of carbonyl (C=O) groups excluding carboxylic acids is 1. The van der Waals surface area contributed by atoms with Gasteiger partial charge in [-0.05, 0) is 55.7 Å². The van der Waals surface area contributed by atoms with Gasteiger partial charge in [0.2, 0.25) is 15.9 Å². The van der Waals surface area contributed by atoms with Crippen LogP contribution in [-0.4, -0.2) is 33.7 Å². The maximum absolute atomic E-state index is 12.2. The van der Waals surface area contributed by atoms with Crippen LogP contribution in [0.4, 0.5) is 5.69 Å². The highest BCUT2D eigenvalue weighted by Gasteiger charge is 2.20. The fourth-order valence-corrected chi connectivity index (χ4v) is 4.06. The summed E-state index contributed by atoms with van der Waals surface area (Å²) < 4.78 is 31.1. The molecule has 1 N–H and O–H groups in total. The number of carbonyl (C=O) groups is 1. The summed E-state index contributed by atoms with van der Waals surface area (Å²) in [5, 5.41) is 3.36. The quantitative estimate of drug-likeness (QED) is 0.610. The Morgan fingerprint density at radius 3 is 2.48 bits per heavy atom. The molecule has 0 aliphatic heterocycles. The molecule has 0 aliphatic carbocycles. The molecule has 6 nitrogen and oxygen atoms in total. The van der Waals surface area contributed by atoms with Gasteiger partial charge in [-0.15, -0.1) is 0 Å². The maximum Gasteiger partial charge on any atom is 0.232 e. The Kier molecular flexibility index (Phi) is 8.34. The van der Waals surface area contributed by atoms with Crippen LogP contribution in [0.25, 0.3) is 0 Å². The Hall–Kier alpha value is -2.25. The highest BCUT2D eigenvalue weighted by atomic mass is 35.5. The first-order chi connectivity index (χ1) is 13.7. The summed E-state index contributed by atoms with van der Waals surface area (Å²) in [5.74, 6) is 0.662. The molecule has 0 saturated carbocycles. The minimum absolute atomic E-state index is 0.129. The average molecular weight is 439 g/mol. The first kappa shape index (κ1) is 23.0. The first-order valence-electron chi connectivity index (χ1n) is 9.43. The number of anilines is 1.